The number of carbonyl (C=O) groups excluding carboxylic acids is 1. The Kier molecular flexibility index (Phi) is 4.84. The molecule has 0 aliphatic carbocycles. The Morgan fingerprint density at radius 2 is 1.74 bits per heavy atom. The van der Waals surface area contributed by atoms with Crippen molar-refractivity contribution < 1.29 is 9.53 Å². The minimum absolute atomic E-state index is 0.216. The summed E-state index contributed by atoms with van der Waals surface area (Å²) in [5.41, 5.74) is 4.90. The third-order valence-electron chi connectivity index (χ3n) is 5.17. The zero-order valence-corrected chi connectivity index (χ0v) is 17.9. The van der Waals surface area contributed by atoms with E-state index < -0.39 is 0 Å². The molecule has 152 valence electrons. The molecule has 5 rings (SSSR count). The topological polar surface area (TPSA) is 64.1 Å². The average Bonchev–Trinajstić information content (AvgIpc) is 3.23. The summed E-state index contributed by atoms with van der Waals surface area (Å²) < 4.78 is 6.43. The molecule has 0 saturated heterocycles. The number of thiazole rings is 1. The molecule has 0 radical (unpaired) electrons. The molecule has 0 atom stereocenters. The van der Waals surface area contributed by atoms with Crippen molar-refractivity contribution >= 4 is 43.5 Å². The molecule has 2 heterocycles. The van der Waals surface area contributed by atoms with Crippen molar-refractivity contribution in [2.24, 2.45) is 0 Å². The maximum atomic E-state index is 13.3. The fraction of sp³-hybridized carbons (Fsp3) is 0.0800. The van der Waals surface area contributed by atoms with E-state index in [4.69, 9.17) is 9.72 Å². The summed E-state index contributed by atoms with van der Waals surface area (Å²) in [6.07, 6.45) is 0. The van der Waals surface area contributed by atoms with Gasteiger partial charge in [-0.05, 0) is 30.7 Å². The standard InChI is InChI=1S/C25H19N3O2S/c1-15-12-13-21(30-2)22-23(15)31-25(27-22)28-24(29)18-14-20(16-8-4-3-5-9-16)26-19-11-7-6-10-17(18)19/h3-14H,1-2H3,(H,27,28,29). The van der Waals surface area contributed by atoms with Crippen LogP contribution in [0.5, 0.6) is 5.75 Å². The quantitative estimate of drug-likeness (QED) is 0.379. The van der Waals surface area contributed by atoms with Gasteiger partial charge in [-0.3, -0.25) is 10.1 Å². The number of amides is 1. The molecule has 6 heteroatoms. The highest BCUT2D eigenvalue weighted by Crippen LogP contribution is 2.35. The van der Waals surface area contributed by atoms with Gasteiger partial charge in [0.2, 0.25) is 0 Å². The highest BCUT2D eigenvalue weighted by Gasteiger charge is 2.17. The number of aryl methyl sites for hydroxylation is 1. The molecule has 0 bridgehead atoms. The lowest BCUT2D eigenvalue weighted by molar-refractivity contribution is 0.102. The number of carbonyl (C=O) groups is 1. The van der Waals surface area contributed by atoms with Crippen LogP contribution < -0.4 is 10.1 Å². The average molecular weight is 426 g/mol. The monoisotopic (exact) mass is 425 g/mol. The predicted molar refractivity (Wildman–Crippen MR) is 126 cm³/mol. The van der Waals surface area contributed by atoms with Crippen LogP contribution in [0, 0.1) is 6.92 Å². The second-order valence-electron chi connectivity index (χ2n) is 7.17. The zero-order valence-electron chi connectivity index (χ0n) is 17.0. The molecule has 0 fully saturated rings. The maximum Gasteiger partial charge on any atom is 0.258 e. The van der Waals surface area contributed by atoms with Gasteiger partial charge in [-0.2, -0.15) is 0 Å². The molecule has 0 unspecified atom stereocenters. The molecule has 3 aromatic carbocycles. The van der Waals surface area contributed by atoms with Gasteiger partial charge in [-0.15, -0.1) is 0 Å². The lowest BCUT2D eigenvalue weighted by Gasteiger charge is -2.09. The van der Waals surface area contributed by atoms with Crippen LogP contribution in [-0.4, -0.2) is 23.0 Å². The molecule has 0 saturated carbocycles. The first-order valence-corrected chi connectivity index (χ1v) is 10.7. The molecule has 5 nitrogen and oxygen atoms in total. The fourth-order valence-corrected chi connectivity index (χ4v) is 4.56. The number of aromatic nitrogens is 2. The molecule has 1 amide bonds. The van der Waals surface area contributed by atoms with Crippen molar-refractivity contribution in [2.45, 2.75) is 6.92 Å². The number of hydrogen-bond acceptors (Lipinski definition) is 5. The van der Waals surface area contributed by atoms with E-state index in [1.54, 1.807) is 7.11 Å². The van der Waals surface area contributed by atoms with Gasteiger partial charge in [0.15, 0.2) is 5.13 Å². The fourth-order valence-electron chi connectivity index (χ4n) is 3.61. The summed E-state index contributed by atoms with van der Waals surface area (Å²) >= 11 is 1.44. The van der Waals surface area contributed by atoms with Crippen molar-refractivity contribution in [1.29, 1.82) is 0 Å². The van der Waals surface area contributed by atoms with Crippen LogP contribution in [0.1, 0.15) is 15.9 Å². The van der Waals surface area contributed by atoms with Gasteiger partial charge in [0.25, 0.3) is 5.91 Å². The van der Waals surface area contributed by atoms with E-state index in [9.17, 15) is 4.79 Å². The molecule has 0 aliphatic rings. The second kappa shape index (κ2) is 7.81. The largest absolute Gasteiger partial charge is 0.494 e. The number of methoxy groups -OCH3 is 1. The van der Waals surface area contributed by atoms with Crippen LogP contribution in [-0.2, 0) is 0 Å². The molecule has 2 aromatic heterocycles. The van der Waals surface area contributed by atoms with Crippen LogP contribution in [0.2, 0.25) is 0 Å². The van der Waals surface area contributed by atoms with E-state index in [0.29, 0.717) is 16.4 Å². The number of hydrogen-bond donors (Lipinski definition) is 1. The third kappa shape index (κ3) is 3.51. The minimum Gasteiger partial charge on any atom is -0.494 e. The number of anilines is 1. The summed E-state index contributed by atoms with van der Waals surface area (Å²) in [6.45, 7) is 2.02. The van der Waals surface area contributed by atoms with Gasteiger partial charge < -0.3 is 4.74 Å². The minimum atomic E-state index is -0.216. The Bertz CT molecular complexity index is 1430. The second-order valence-corrected chi connectivity index (χ2v) is 8.17. The van der Waals surface area contributed by atoms with Gasteiger partial charge in [0.1, 0.15) is 11.3 Å². The highest BCUT2D eigenvalue weighted by molar-refractivity contribution is 7.22. The number of benzene rings is 3. The van der Waals surface area contributed by atoms with Gasteiger partial charge in [-0.1, -0.05) is 65.9 Å². The Balaban J connectivity index is 1.58. The SMILES string of the molecule is COc1ccc(C)c2sc(NC(=O)c3cc(-c4ccccc4)nc4ccccc34)nc12. The van der Waals surface area contributed by atoms with Gasteiger partial charge >= 0.3 is 0 Å². The highest BCUT2D eigenvalue weighted by atomic mass is 32.1. The predicted octanol–water partition coefficient (Wildman–Crippen LogP) is 6.08. The molecule has 5 aromatic rings. The van der Waals surface area contributed by atoms with E-state index in [0.717, 1.165) is 37.9 Å². The van der Waals surface area contributed by atoms with Crippen LogP contribution in [0.4, 0.5) is 5.13 Å². The van der Waals surface area contributed by atoms with Gasteiger partial charge in [0.05, 0.1) is 28.6 Å². The number of rotatable bonds is 4. The molecular formula is C25H19N3O2S. The lowest BCUT2D eigenvalue weighted by Crippen LogP contribution is -2.13. The summed E-state index contributed by atoms with van der Waals surface area (Å²) in [7, 11) is 1.62. The van der Waals surface area contributed by atoms with E-state index in [1.807, 2.05) is 79.7 Å². The first-order chi connectivity index (χ1) is 15.1. The van der Waals surface area contributed by atoms with E-state index in [1.165, 1.54) is 11.3 Å². The van der Waals surface area contributed by atoms with Crippen LogP contribution in [0.25, 0.3) is 32.4 Å². The maximum absolute atomic E-state index is 13.3. The van der Waals surface area contributed by atoms with Crippen molar-refractivity contribution in [3.63, 3.8) is 0 Å². The molecule has 1 N–H and O–H groups in total. The Morgan fingerprint density at radius 3 is 2.55 bits per heavy atom. The van der Waals surface area contributed by atoms with Crippen molar-refractivity contribution in [3.8, 4) is 17.0 Å². The smallest absolute Gasteiger partial charge is 0.258 e. The van der Waals surface area contributed by atoms with Crippen LogP contribution in [0.15, 0.2) is 72.8 Å². The number of fused-ring (bicyclic) bond motifs is 2. The number of para-hydroxylation sites is 1. The first kappa shape index (κ1) is 19.2. The number of nitrogens with one attached hydrogen (secondary N) is 1. The van der Waals surface area contributed by atoms with Gasteiger partial charge in [0, 0.05) is 10.9 Å². The van der Waals surface area contributed by atoms with E-state index in [-0.39, 0.29) is 5.91 Å². The molecule has 0 spiro atoms. The summed E-state index contributed by atoms with van der Waals surface area (Å²) in [5.74, 6) is 0.476. The summed E-state index contributed by atoms with van der Waals surface area (Å²) in [6, 6.07) is 23.3. The first-order valence-electron chi connectivity index (χ1n) is 9.85. The number of nitrogens with zero attached hydrogens (tertiary/aromatic N) is 2. The van der Waals surface area contributed by atoms with Crippen LogP contribution >= 0.6 is 11.3 Å². The Hall–Kier alpha value is -3.77. The lowest BCUT2D eigenvalue weighted by atomic mass is 10.0. The van der Waals surface area contributed by atoms with E-state index >= 15 is 0 Å². The molecule has 31 heavy (non-hydrogen) atoms. The Morgan fingerprint density at radius 1 is 0.968 bits per heavy atom. The van der Waals surface area contributed by atoms with Crippen molar-refractivity contribution in [1.82, 2.24) is 9.97 Å². The van der Waals surface area contributed by atoms with Gasteiger partial charge in [-0.25, -0.2) is 9.97 Å². The zero-order chi connectivity index (χ0) is 21.4. The number of ether oxygens (including phenoxy) is 1. The van der Waals surface area contributed by atoms with Crippen LogP contribution in [0.3, 0.4) is 0 Å². The summed E-state index contributed by atoms with van der Waals surface area (Å²) in [4.78, 5) is 22.7. The third-order valence-corrected chi connectivity index (χ3v) is 6.28. The molecular weight excluding hydrogens is 406 g/mol. The summed E-state index contributed by atoms with van der Waals surface area (Å²) in [5, 5.41) is 4.32. The Labute approximate surface area is 183 Å². The number of pyridine rings is 1. The normalized spacial score (nSPS) is 11.0. The van der Waals surface area contributed by atoms with E-state index in [2.05, 4.69) is 10.3 Å². The molecule has 0 aliphatic heterocycles. The van der Waals surface area contributed by atoms with Crippen molar-refractivity contribution in [2.75, 3.05) is 12.4 Å². The van der Waals surface area contributed by atoms with Crippen molar-refractivity contribution in [3.05, 3.63) is 83.9 Å².